The molecule has 3 aromatic rings. The van der Waals surface area contributed by atoms with E-state index in [9.17, 15) is 4.79 Å². The Kier molecular flexibility index (Phi) is 5.85. The van der Waals surface area contributed by atoms with Gasteiger partial charge in [0.25, 0.3) is 5.91 Å². The van der Waals surface area contributed by atoms with Gasteiger partial charge in [-0.15, -0.1) is 0 Å². The van der Waals surface area contributed by atoms with Crippen molar-refractivity contribution in [3.8, 4) is 17.2 Å². The zero-order valence-electron chi connectivity index (χ0n) is 19.4. The monoisotopic (exact) mass is 450 g/mol. The summed E-state index contributed by atoms with van der Waals surface area (Å²) in [5, 5.41) is 2.97. The third kappa shape index (κ3) is 3.99. The first-order valence-corrected chi connectivity index (χ1v) is 11.5. The second-order valence-electron chi connectivity index (χ2n) is 8.66. The first-order valence-electron chi connectivity index (χ1n) is 11.5. The molecule has 0 radical (unpaired) electrons. The summed E-state index contributed by atoms with van der Waals surface area (Å²) in [5.41, 5.74) is 3.13. The lowest BCUT2D eigenvalue weighted by atomic mass is 10.1. The quantitative estimate of drug-likeness (QED) is 0.610. The van der Waals surface area contributed by atoms with Crippen LogP contribution < -0.4 is 19.5 Å². The molecule has 8 heteroatoms. The lowest BCUT2D eigenvalue weighted by Gasteiger charge is -2.32. The second-order valence-corrected chi connectivity index (χ2v) is 8.66. The molecule has 1 aliphatic heterocycles. The van der Waals surface area contributed by atoms with Gasteiger partial charge in [-0.1, -0.05) is 12.8 Å². The van der Waals surface area contributed by atoms with Crippen LogP contribution in [0.15, 0.2) is 30.3 Å². The number of methoxy groups -OCH3 is 3. The van der Waals surface area contributed by atoms with E-state index in [2.05, 4.69) is 14.8 Å². The van der Waals surface area contributed by atoms with Crippen molar-refractivity contribution < 1.29 is 19.0 Å². The smallest absolute Gasteiger partial charge is 0.255 e. The van der Waals surface area contributed by atoms with Gasteiger partial charge in [0.15, 0.2) is 11.5 Å². The SMILES string of the molecule is COc1cc(C(=O)Nc2ccc3c(c2)nc2n3CCN(C3CCCC3)C2)cc(OC)c1OC. The van der Waals surface area contributed by atoms with E-state index in [1.54, 1.807) is 12.1 Å². The Bertz CT molecular complexity index is 1160. The van der Waals surface area contributed by atoms with Gasteiger partial charge in [0, 0.05) is 30.4 Å². The molecule has 0 saturated heterocycles. The fourth-order valence-corrected chi connectivity index (χ4v) is 5.11. The summed E-state index contributed by atoms with van der Waals surface area (Å²) >= 11 is 0. The number of carbonyl (C=O) groups excluding carboxylic acids is 1. The van der Waals surface area contributed by atoms with E-state index in [-0.39, 0.29) is 5.91 Å². The van der Waals surface area contributed by atoms with E-state index in [1.807, 2.05) is 18.2 Å². The molecule has 0 atom stereocenters. The van der Waals surface area contributed by atoms with Crippen molar-refractivity contribution in [3.05, 3.63) is 41.7 Å². The molecule has 0 bridgehead atoms. The standard InChI is InChI=1S/C25H30N4O4/c1-31-21-12-16(13-22(32-2)24(21)33-3)25(30)26-17-8-9-20-19(14-17)27-23-15-28(10-11-29(20)23)18-6-4-5-7-18/h8-9,12-14,18H,4-7,10-11,15H2,1-3H3,(H,26,30). The molecule has 2 heterocycles. The topological polar surface area (TPSA) is 77.9 Å². The van der Waals surface area contributed by atoms with Gasteiger partial charge < -0.3 is 24.1 Å². The van der Waals surface area contributed by atoms with Gasteiger partial charge >= 0.3 is 0 Å². The molecule has 1 amide bonds. The number of carbonyl (C=O) groups is 1. The zero-order valence-corrected chi connectivity index (χ0v) is 19.4. The summed E-state index contributed by atoms with van der Waals surface area (Å²) in [6.07, 6.45) is 5.29. The van der Waals surface area contributed by atoms with E-state index in [0.29, 0.717) is 34.5 Å². The van der Waals surface area contributed by atoms with Crippen molar-refractivity contribution >= 4 is 22.6 Å². The van der Waals surface area contributed by atoms with Crippen LogP contribution in [0, 0.1) is 0 Å². The highest BCUT2D eigenvalue weighted by Crippen LogP contribution is 2.38. The lowest BCUT2D eigenvalue weighted by Crippen LogP contribution is -2.39. The number of rotatable bonds is 6. The highest BCUT2D eigenvalue weighted by atomic mass is 16.5. The average Bonchev–Trinajstić information content (AvgIpc) is 3.50. The molecule has 5 rings (SSSR count). The summed E-state index contributed by atoms with van der Waals surface area (Å²) in [7, 11) is 4.59. The fraction of sp³-hybridized carbons (Fsp3) is 0.440. The summed E-state index contributed by atoms with van der Waals surface area (Å²) in [6.45, 7) is 2.93. The molecule has 174 valence electrons. The van der Waals surface area contributed by atoms with E-state index < -0.39 is 0 Å². The van der Waals surface area contributed by atoms with E-state index >= 15 is 0 Å². The predicted octanol–water partition coefficient (Wildman–Crippen LogP) is 4.07. The van der Waals surface area contributed by atoms with Gasteiger partial charge in [-0.05, 0) is 43.2 Å². The molecular formula is C25H30N4O4. The number of benzene rings is 2. The molecule has 1 aliphatic carbocycles. The third-order valence-electron chi connectivity index (χ3n) is 6.81. The minimum atomic E-state index is -0.259. The van der Waals surface area contributed by atoms with Gasteiger partial charge in [-0.2, -0.15) is 0 Å². The Morgan fingerprint density at radius 2 is 1.73 bits per heavy atom. The Hall–Kier alpha value is -3.26. The maximum absolute atomic E-state index is 13.0. The molecule has 0 spiro atoms. The van der Waals surface area contributed by atoms with Crippen molar-refractivity contribution in [1.82, 2.24) is 14.5 Å². The lowest BCUT2D eigenvalue weighted by molar-refractivity contribution is 0.102. The zero-order chi connectivity index (χ0) is 22.9. The summed E-state index contributed by atoms with van der Waals surface area (Å²) in [6, 6.07) is 9.89. The first-order chi connectivity index (χ1) is 16.1. The van der Waals surface area contributed by atoms with Gasteiger partial charge in [-0.3, -0.25) is 9.69 Å². The van der Waals surface area contributed by atoms with E-state index in [0.717, 1.165) is 36.5 Å². The van der Waals surface area contributed by atoms with Crippen LogP contribution in [0.1, 0.15) is 41.9 Å². The minimum Gasteiger partial charge on any atom is -0.493 e. The number of fused-ring (bicyclic) bond motifs is 3. The molecule has 8 nitrogen and oxygen atoms in total. The molecule has 1 fully saturated rings. The van der Waals surface area contributed by atoms with Crippen LogP contribution >= 0.6 is 0 Å². The number of amides is 1. The van der Waals surface area contributed by atoms with Crippen LogP contribution in [0.4, 0.5) is 5.69 Å². The molecule has 1 saturated carbocycles. The van der Waals surface area contributed by atoms with E-state index in [1.165, 1.54) is 47.0 Å². The van der Waals surface area contributed by atoms with E-state index in [4.69, 9.17) is 19.2 Å². The van der Waals surface area contributed by atoms with Gasteiger partial charge in [-0.25, -0.2) is 4.98 Å². The number of nitrogens with zero attached hydrogens (tertiary/aromatic N) is 3. The highest BCUT2D eigenvalue weighted by Gasteiger charge is 2.27. The van der Waals surface area contributed by atoms with Crippen molar-refractivity contribution in [3.63, 3.8) is 0 Å². The average molecular weight is 451 g/mol. The van der Waals surface area contributed by atoms with Crippen molar-refractivity contribution in [2.24, 2.45) is 0 Å². The fourth-order valence-electron chi connectivity index (χ4n) is 5.11. The van der Waals surface area contributed by atoms with Crippen LogP contribution in [0.5, 0.6) is 17.2 Å². The van der Waals surface area contributed by atoms with Crippen LogP contribution in [0.3, 0.4) is 0 Å². The number of nitrogens with one attached hydrogen (secondary N) is 1. The number of ether oxygens (including phenoxy) is 3. The molecule has 1 N–H and O–H groups in total. The molecule has 2 aromatic carbocycles. The van der Waals surface area contributed by atoms with Crippen LogP contribution in [-0.4, -0.2) is 54.3 Å². The van der Waals surface area contributed by atoms with Crippen molar-refractivity contribution in [1.29, 1.82) is 0 Å². The van der Waals surface area contributed by atoms with Gasteiger partial charge in [0.2, 0.25) is 5.75 Å². The second kappa shape index (κ2) is 8.94. The van der Waals surface area contributed by atoms with Crippen LogP contribution in [0.25, 0.3) is 11.0 Å². The third-order valence-corrected chi connectivity index (χ3v) is 6.81. The number of imidazole rings is 1. The first kappa shape index (κ1) is 21.6. The van der Waals surface area contributed by atoms with Crippen LogP contribution in [0.2, 0.25) is 0 Å². The molecule has 1 aromatic heterocycles. The van der Waals surface area contributed by atoms with Crippen molar-refractivity contribution in [2.75, 3.05) is 33.2 Å². The maximum Gasteiger partial charge on any atom is 0.255 e. The number of hydrogen-bond donors (Lipinski definition) is 1. The molecule has 33 heavy (non-hydrogen) atoms. The number of anilines is 1. The number of aromatic nitrogens is 2. The van der Waals surface area contributed by atoms with Gasteiger partial charge in [0.05, 0.1) is 38.9 Å². The largest absolute Gasteiger partial charge is 0.493 e. The predicted molar refractivity (Wildman–Crippen MR) is 126 cm³/mol. The Labute approximate surface area is 193 Å². The van der Waals surface area contributed by atoms with Gasteiger partial charge in [0.1, 0.15) is 5.82 Å². The Balaban J connectivity index is 1.37. The highest BCUT2D eigenvalue weighted by molar-refractivity contribution is 6.05. The summed E-state index contributed by atoms with van der Waals surface area (Å²) < 4.78 is 18.4. The Morgan fingerprint density at radius 1 is 1.00 bits per heavy atom. The summed E-state index contributed by atoms with van der Waals surface area (Å²) in [5.74, 6) is 2.17. The number of hydrogen-bond acceptors (Lipinski definition) is 6. The Morgan fingerprint density at radius 3 is 2.39 bits per heavy atom. The summed E-state index contributed by atoms with van der Waals surface area (Å²) in [4.78, 5) is 20.5. The molecule has 2 aliphatic rings. The normalized spacial score (nSPS) is 16.6. The minimum absolute atomic E-state index is 0.259. The van der Waals surface area contributed by atoms with Crippen molar-refractivity contribution in [2.45, 2.75) is 44.8 Å². The van der Waals surface area contributed by atoms with Crippen LogP contribution in [-0.2, 0) is 13.1 Å². The maximum atomic E-state index is 13.0. The molecule has 0 unspecified atom stereocenters. The molecular weight excluding hydrogens is 420 g/mol.